The molecule has 0 aromatic carbocycles. The van der Waals surface area contributed by atoms with E-state index in [-0.39, 0.29) is 11.9 Å². The molecule has 1 aromatic heterocycles. The van der Waals surface area contributed by atoms with Gasteiger partial charge in [-0.25, -0.2) is 4.79 Å². The quantitative estimate of drug-likeness (QED) is 0.585. The molecule has 0 bridgehead atoms. The highest BCUT2D eigenvalue weighted by Crippen LogP contribution is 2.25. The first kappa shape index (κ1) is 19.2. The van der Waals surface area contributed by atoms with Crippen LogP contribution in [0.15, 0.2) is 12.7 Å². The van der Waals surface area contributed by atoms with Gasteiger partial charge >= 0.3 is 5.97 Å². The van der Waals surface area contributed by atoms with Crippen molar-refractivity contribution in [3.8, 4) is 0 Å². The maximum absolute atomic E-state index is 13.1. The first-order valence-corrected chi connectivity index (χ1v) is 8.95. The van der Waals surface area contributed by atoms with Crippen molar-refractivity contribution in [2.24, 2.45) is 0 Å². The summed E-state index contributed by atoms with van der Waals surface area (Å²) in [5.74, 6) is -0.390. The molecule has 0 atom stereocenters. The average Bonchev–Trinajstić information content (AvgIpc) is 2.85. The number of carbonyl (C=O) groups excluding carboxylic acids is 2. The number of hydrogen-bond acceptors (Lipinski definition) is 4. The van der Waals surface area contributed by atoms with Crippen molar-refractivity contribution in [1.29, 1.82) is 0 Å². The van der Waals surface area contributed by atoms with Gasteiger partial charge in [0.1, 0.15) is 5.69 Å². The average molecular weight is 347 g/mol. The highest BCUT2D eigenvalue weighted by molar-refractivity contribution is 6.01. The van der Waals surface area contributed by atoms with Gasteiger partial charge in [0.05, 0.1) is 12.2 Å². The third-order valence-electron chi connectivity index (χ3n) is 4.87. The van der Waals surface area contributed by atoms with Gasteiger partial charge in [-0.1, -0.05) is 13.0 Å². The fourth-order valence-electron chi connectivity index (χ4n) is 3.46. The molecule has 25 heavy (non-hydrogen) atoms. The minimum absolute atomic E-state index is 0.000821. The number of allylic oxidation sites excluding steroid dienone is 1. The summed E-state index contributed by atoms with van der Waals surface area (Å²) in [6.07, 6.45) is 1.73. The number of amides is 1. The topological polar surface area (TPSA) is 54.8 Å². The molecule has 0 unspecified atom stereocenters. The predicted octanol–water partition coefficient (Wildman–Crippen LogP) is 2.25. The lowest BCUT2D eigenvalue weighted by Crippen LogP contribution is -2.48. The Morgan fingerprint density at radius 2 is 1.80 bits per heavy atom. The molecule has 2 rings (SSSR count). The zero-order valence-corrected chi connectivity index (χ0v) is 15.8. The minimum Gasteiger partial charge on any atom is -0.461 e. The largest absolute Gasteiger partial charge is 0.461 e. The van der Waals surface area contributed by atoms with Crippen LogP contribution in [0.5, 0.6) is 0 Å². The van der Waals surface area contributed by atoms with Gasteiger partial charge in [-0.3, -0.25) is 4.79 Å². The van der Waals surface area contributed by atoms with Crippen LogP contribution in [0.1, 0.15) is 46.0 Å². The lowest BCUT2D eigenvalue weighted by molar-refractivity contribution is 0.0513. The van der Waals surface area contributed by atoms with Gasteiger partial charge in [0.25, 0.3) is 5.91 Å². The molecule has 1 aromatic rings. The number of piperazine rings is 1. The van der Waals surface area contributed by atoms with Crippen LogP contribution in [-0.4, -0.2) is 65.6 Å². The van der Waals surface area contributed by atoms with E-state index in [9.17, 15) is 9.59 Å². The fraction of sp³-hybridized carbons (Fsp3) is 0.579. The molecule has 1 aliphatic rings. The molecule has 6 heteroatoms. The molecule has 0 saturated carbocycles. The molecule has 1 saturated heterocycles. The molecule has 1 aliphatic heterocycles. The molecule has 0 spiro atoms. The summed E-state index contributed by atoms with van der Waals surface area (Å²) in [4.78, 5) is 29.7. The zero-order chi connectivity index (χ0) is 18.6. The zero-order valence-electron chi connectivity index (χ0n) is 15.8. The Kier molecular flexibility index (Phi) is 6.42. The number of nitrogens with zero attached hydrogens (tertiary/aromatic N) is 3. The first-order chi connectivity index (χ1) is 12.0. The van der Waals surface area contributed by atoms with E-state index in [0.717, 1.165) is 25.3 Å². The number of ether oxygens (including phenoxy) is 1. The summed E-state index contributed by atoms with van der Waals surface area (Å²) in [5, 5.41) is 0. The van der Waals surface area contributed by atoms with Crippen LogP contribution in [0, 0.1) is 13.8 Å². The fourth-order valence-corrected chi connectivity index (χ4v) is 3.46. The van der Waals surface area contributed by atoms with Gasteiger partial charge in [-0.2, -0.15) is 0 Å². The SMILES string of the molecule is C=CCn1c(C)c(C(=O)N2CCN(CC)CC2)c(C)c1C(=O)OCC. The Hall–Kier alpha value is -2.08. The van der Waals surface area contributed by atoms with Crippen LogP contribution in [0.2, 0.25) is 0 Å². The van der Waals surface area contributed by atoms with E-state index < -0.39 is 0 Å². The second-order valence-electron chi connectivity index (χ2n) is 6.28. The second kappa shape index (κ2) is 8.34. The third-order valence-corrected chi connectivity index (χ3v) is 4.87. The van der Waals surface area contributed by atoms with Gasteiger partial charge in [-0.05, 0) is 32.9 Å². The monoisotopic (exact) mass is 347 g/mol. The van der Waals surface area contributed by atoms with Crippen molar-refractivity contribution in [3.63, 3.8) is 0 Å². The van der Waals surface area contributed by atoms with E-state index in [1.807, 2.05) is 23.3 Å². The molecule has 0 radical (unpaired) electrons. The number of hydrogen-bond donors (Lipinski definition) is 0. The van der Waals surface area contributed by atoms with E-state index in [1.54, 1.807) is 13.0 Å². The number of aromatic nitrogens is 1. The second-order valence-corrected chi connectivity index (χ2v) is 6.28. The maximum Gasteiger partial charge on any atom is 0.355 e. The summed E-state index contributed by atoms with van der Waals surface area (Å²) in [5.41, 5.74) is 2.56. The lowest BCUT2D eigenvalue weighted by Gasteiger charge is -2.34. The van der Waals surface area contributed by atoms with Gasteiger partial charge in [0.2, 0.25) is 0 Å². The van der Waals surface area contributed by atoms with Crippen LogP contribution in [-0.2, 0) is 11.3 Å². The van der Waals surface area contributed by atoms with Crippen LogP contribution >= 0.6 is 0 Å². The smallest absolute Gasteiger partial charge is 0.355 e. The summed E-state index contributed by atoms with van der Waals surface area (Å²) in [6.45, 7) is 16.4. The van der Waals surface area contributed by atoms with E-state index >= 15 is 0 Å². The van der Waals surface area contributed by atoms with Gasteiger partial charge in [0, 0.05) is 38.4 Å². The van der Waals surface area contributed by atoms with E-state index in [4.69, 9.17) is 4.74 Å². The molecule has 1 amide bonds. The number of rotatable bonds is 6. The van der Waals surface area contributed by atoms with Crippen LogP contribution < -0.4 is 0 Å². The molecule has 2 heterocycles. The maximum atomic E-state index is 13.1. The summed E-state index contributed by atoms with van der Waals surface area (Å²) in [6, 6.07) is 0. The van der Waals surface area contributed by atoms with E-state index in [0.29, 0.717) is 43.1 Å². The minimum atomic E-state index is -0.389. The van der Waals surface area contributed by atoms with Crippen molar-refractivity contribution in [2.75, 3.05) is 39.3 Å². The molecular weight excluding hydrogens is 318 g/mol. The molecule has 0 N–H and O–H groups in total. The number of esters is 1. The van der Waals surface area contributed by atoms with Crippen molar-refractivity contribution in [2.45, 2.75) is 34.2 Å². The van der Waals surface area contributed by atoms with Crippen LogP contribution in [0.4, 0.5) is 0 Å². The Labute approximate surface area is 150 Å². The highest BCUT2D eigenvalue weighted by atomic mass is 16.5. The summed E-state index contributed by atoms with van der Waals surface area (Å²) >= 11 is 0. The third kappa shape index (κ3) is 3.79. The number of likely N-dealkylation sites (N-methyl/N-ethyl adjacent to an activating group) is 1. The van der Waals surface area contributed by atoms with Gasteiger partial charge in [0.15, 0.2) is 0 Å². The molecule has 1 fully saturated rings. The van der Waals surface area contributed by atoms with Crippen molar-refractivity contribution < 1.29 is 14.3 Å². The van der Waals surface area contributed by atoms with Crippen LogP contribution in [0.25, 0.3) is 0 Å². The van der Waals surface area contributed by atoms with Gasteiger partial charge < -0.3 is 19.1 Å². The van der Waals surface area contributed by atoms with Crippen molar-refractivity contribution in [1.82, 2.24) is 14.4 Å². The van der Waals surface area contributed by atoms with E-state index in [2.05, 4.69) is 18.4 Å². The Morgan fingerprint density at radius 1 is 1.16 bits per heavy atom. The van der Waals surface area contributed by atoms with Crippen molar-refractivity contribution in [3.05, 3.63) is 35.2 Å². The summed E-state index contributed by atoms with van der Waals surface area (Å²) < 4.78 is 7.02. The normalized spacial score (nSPS) is 15.3. The van der Waals surface area contributed by atoms with Gasteiger partial charge in [-0.15, -0.1) is 6.58 Å². The Bertz CT molecular complexity index is 655. The molecule has 6 nitrogen and oxygen atoms in total. The number of carbonyl (C=O) groups is 2. The molecule has 0 aliphatic carbocycles. The lowest BCUT2D eigenvalue weighted by atomic mass is 10.1. The Morgan fingerprint density at radius 3 is 2.32 bits per heavy atom. The predicted molar refractivity (Wildman–Crippen MR) is 98.1 cm³/mol. The molecule has 138 valence electrons. The first-order valence-electron chi connectivity index (χ1n) is 8.95. The van der Waals surface area contributed by atoms with Crippen molar-refractivity contribution >= 4 is 11.9 Å². The molecular formula is C19H29N3O3. The highest BCUT2D eigenvalue weighted by Gasteiger charge is 2.30. The van der Waals surface area contributed by atoms with Crippen LogP contribution in [0.3, 0.4) is 0 Å². The summed E-state index contributed by atoms with van der Waals surface area (Å²) in [7, 11) is 0. The Balaban J connectivity index is 2.37. The van der Waals surface area contributed by atoms with E-state index in [1.165, 1.54) is 0 Å². The standard InChI is InChI=1S/C19H29N3O3/c1-6-9-22-15(5)16(14(4)17(22)19(24)25-8-3)18(23)21-12-10-20(7-2)11-13-21/h6H,1,7-13H2,2-5H3.